The zero-order valence-electron chi connectivity index (χ0n) is 12.3. The van der Waals surface area contributed by atoms with Gasteiger partial charge in [-0.25, -0.2) is 4.68 Å². The van der Waals surface area contributed by atoms with E-state index < -0.39 is 0 Å². The lowest BCUT2D eigenvalue weighted by Gasteiger charge is -2.25. The number of nitrogens with zero attached hydrogens (tertiary/aromatic N) is 4. The van der Waals surface area contributed by atoms with E-state index in [0.29, 0.717) is 0 Å². The van der Waals surface area contributed by atoms with Crippen molar-refractivity contribution in [1.29, 1.82) is 0 Å². The van der Waals surface area contributed by atoms with E-state index in [1.165, 1.54) is 10.6 Å². The number of halogens is 1. The predicted molar refractivity (Wildman–Crippen MR) is 102 cm³/mol. The van der Waals surface area contributed by atoms with Gasteiger partial charge in [0.2, 0.25) is 5.16 Å². The largest absolute Gasteiger partial charge is 0.252 e. The summed E-state index contributed by atoms with van der Waals surface area (Å²) in [6.07, 6.45) is 0. The highest BCUT2D eigenvalue weighted by molar-refractivity contribution is 9.10. The average molecular weight is 415 g/mol. The first-order chi connectivity index (χ1) is 11.8. The first-order valence-corrected chi connectivity index (χ1v) is 9.96. The van der Waals surface area contributed by atoms with Crippen LogP contribution in [0.3, 0.4) is 0 Å². The molecule has 4 nitrogen and oxygen atoms in total. The van der Waals surface area contributed by atoms with Gasteiger partial charge in [-0.2, -0.15) is 0 Å². The van der Waals surface area contributed by atoms with Crippen LogP contribution in [0, 0.1) is 0 Å². The molecule has 0 radical (unpaired) electrons. The number of hydrogen-bond donors (Lipinski definition) is 0. The van der Waals surface area contributed by atoms with Crippen molar-refractivity contribution in [2.75, 3.05) is 5.01 Å². The Bertz CT molecular complexity index is 937. The molecule has 0 fully saturated rings. The zero-order chi connectivity index (χ0) is 16.1. The molecule has 0 saturated heterocycles. The number of benzene rings is 2. The third kappa shape index (κ3) is 2.22. The summed E-state index contributed by atoms with van der Waals surface area (Å²) in [6, 6.07) is 18.7. The Morgan fingerprint density at radius 2 is 1.75 bits per heavy atom. The SMILES string of the molecule is Brc1ccc(C2SC=C3Sc4nnc(-c5ccccc5)n4N32)cc1. The first-order valence-electron chi connectivity index (χ1n) is 7.40. The number of aromatic nitrogens is 3. The van der Waals surface area contributed by atoms with E-state index >= 15 is 0 Å². The minimum absolute atomic E-state index is 0.195. The van der Waals surface area contributed by atoms with E-state index in [9.17, 15) is 0 Å². The smallest absolute Gasteiger partial charge is 0.217 e. The van der Waals surface area contributed by atoms with Crippen molar-refractivity contribution in [1.82, 2.24) is 14.9 Å². The maximum atomic E-state index is 4.42. The predicted octanol–water partition coefficient (Wildman–Crippen LogP) is 5.00. The van der Waals surface area contributed by atoms with Gasteiger partial charge in [-0.05, 0) is 29.5 Å². The molecule has 0 bridgehead atoms. The van der Waals surface area contributed by atoms with Crippen molar-refractivity contribution >= 4 is 39.5 Å². The summed E-state index contributed by atoms with van der Waals surface area (Å²) in [4.78, 5) is 0. The van der Waals surface area contributed by atoms with Crippen molar-refractivity contribution in [3.8, 4) is 11.4 Å². The Morgan fingerprint density at radius 1 is 0.958 bits per heavy atom. The summed E-state index contributed by atoms with van der Waals surface area (Å²) in [5.74, 6) is 0.881. The van der Waals surface area contributed by atoms with E-state index in [1.54, 1.807) is 11.8 Å². The second kappa shape index (κ2) is 5.68. The molecule has 0 N–H and O–H groups in total. The summed E-state index contributed by atoms with van der Waals surface area (Å²) in [5.41, 5.74) is 2.33. The van der Waals surface area contributed by atoms with Crippen molar-refractivity contribution in [3.63, 3.8) is 0 Å². The highest BCUT2D eigenvalue weighted by atomic mass is 79.9. The highest BCUT2D eigenvalue weighted by Crippen LogP contribution is 2.51. The van der Waals surface area contributed by atoms with Gasteiger partial charge in [-0.1, -0.05) is 70.2 Å². The maximum Gasteiger partial charge on any atom is 0.217 e. The van der Waals surface area contributed by atoms with Gasteiger partial charge in [0.25, 0.3) is 0 Å². The molecule has 0 aliphatic carbocycles. The van der Waals surface area contributed by atoms with E-state index in [0.717, 1.165) is 21.0 Å². The first kappa shape index (κ1) is 14.6. The number of rotatable bonds is 2. The number of thioether (sulfide) groups is 2. The lowest BCUT2D eigenvalue weighted by molar-refractivity contribution is 0.639. The van der Waals surface area contributed by atoms with Gasteiger partial charge < -0.3 is 0 Å². The molecule has 3 aromatic rings. The standard InChI is InChI=1S/C17H11BrN4S2/c18-13-8-6-12(7-9-13)16-21-14(10-23-16)24-17-20-19-15(22(17)21)11-4-2-1-3-5-11/h1-10,16H. The fourth-order valence-electron chi connectivity index (χ4n) is 2.86. The molecule has 7 heteroatoms. The summed E-state index contributed by atoms with van der Waals surface area (Å²) in [6.45, 7) is 0. The lowest BCUT2D eigenvalue weighted by atomic mass is 10.2. The van der Waals surface area contributed by atoms with Crippen LogP contribution in [0.5, 0.6) is 0 Å². The van der Waals surface area contributed by atoms with Gasteiger partial charge in [0, 0.05) is 15.4 Å². The summed E-state index contributed by atoms with van der Waals surface area (Å²) in [7, 11) is 0. The van der Waals surface area contributed by atoms with Gasteiger partial charge >= 0.3 is 0 Å². The van der Waals surface area contributed by atoms with Gasteiger partial charge in [0.1, 0.15) is 10.4 Å². The molecule has 3 heterocycles. The van der Waals surface area contributed by atoms with Crippen LogP contribution in [0.25, 0.3) is 11.4 Å². The topological polar surface area (TPSA) is 34.0 Å². The van der Waals surface area contributed by atoms with Crippen LogP contribution < -0.4 is 5.01 Å². The highest BCUT2D eigenvalue weighted by Gasteiger charge is 2.39. The van der Waals surface area contributed by atoms with Crippen molar-refractivity contribution in [3.05, 3.63) is 75.1 Å². The van der Waals surface area contributed by atoms with Gasteiger partial charge in [-0.15, -0.1) is 10.2 Å². The van der Waals surface area contributed by atoms with E-state index in [-0.39, 0.29) is 5.37 Å². The molecule has 0 amide bonds. The van der Waals surface area contributed by atoms with Gasteiger partial charge in [0.05, 0.1) is 0 Å². The molecule has 0 spiro atoms. The van der Waals surface area contributed by atoms with Crippen LogP contribution in [0.2, 0.25) is 0 Å². The van der Waals surface area contributed by atoms with Crippen molar-refractivity contribution in [2.24, 2.45) is 0 Å². The minimum atomic E-state index is 0.195. The summed E-state index contributed by atoms with van der Waals surface area (Å²) in [5, 5.41) is 15.6. The quantitative estimate of drug-likeness (QED) is 0.589. The molecule has 2 aliphatic heterocycles. The Kier molecular flexibility index (Phi) is 3.46. The monoisotopic (exact) mass is 414 g/mol. The van der Waals surface area contributed by atoms with Crippen LogP contribution in [-0.4, -0.2) is 14.9 Å². The Balaban J connectivity index is 1.60. The Hall–Kier alpha value is -1.70. The molecule has 2 aliphatic rings. The Labute approximate surface area is 156 Å². The van der Waals surface area contributed by atoms with Crippen LogP contribution in [0.4, 0.5) is 0 Å². The molecule has 1 aromatic heterocycles. The van der Waals surface area contributed by atoms with Crippen LogP contribution >= 0.6 is 39.5 Å². The Morgan fingerprint density at radius 3 is 2.54 bits per heavy atom. The molecule has 1 atom stereocenters. The fourth-order valence-corrected chi connectivity index (χ4v) is 5.35. The third-order valence-electron chi connectivity index (χ3n) is 3.96. The summed E-state index contributed by atoms with van der Waals surface area (Å²) >= 11 is 7.00. The molecule has 2 aromatic carbocycles. The number of fused-ring (bicyclic) bond motifs is 3. The molecule has 118 valence electrons. The second-order valence-corrected chi connectivity index (χ2v) is 8.28. The second-order valence-electron chi connectivity index (χ2n) is 5.43. The molecule has 0 saturated carbocycles. The van der Waals surface area contributed by atoms with Gasteiger partial charge in [-0.3, -0.25) is 5.01 Å². The van der Waals surface area contributed by atoms with Crippen LogP contribution in [-0.2, 0) is 0 Å². The maximum absolute atomic E-state index is 4.42. The average Bonchev–Trinajstić information content (AvgIpc) is 3.27. The van der Waals surface area contributed by atoms with Crippen molar-refractivity contribution < 1.29 is 0 Å². The fraction of sp³-hybridized carbons (Fsp3) is 0.0588. The van der Waals surface area contributed by atoms with E-state index in [2.05, 4.69) is 77.6 Å². The molecular formula is C17H11BrN4S2. The zero-order valence-corrected chi connectivity index (χ0v) is 15.6. The van der Waals surface area contributed by atoms with Gasteiger partial charge in [0.15, 0.2) is 5.82 Å². The number of hydrogen-bond acceptors (Lipinski definition) is 5. The van der Waals surface area contributed by atoms with Crippen LogP contribution in [0.1, 0.15) is 10.9 Å². The van der Waals surface area contributed by atoms with Crippen molar-refractivity contribution in [2.45, 2.75) is 10.5 Å². The lowest BCUT2D eigenvalue weighted by Crippen LogP contribution is -2.29. The molecule has 1 unspecified atom stereocenters. The molecule has 24 heavy (non-hydrogen) atoms. The van der Waals surface area contributed by atoms with Crippen LogP contribution in [0.15, 0.2) is 74.7 Å². The third-order valence-corrected chi connectivity index (χ3v) is 6.67. The molecule has 5 rings (SSSR count). The minimum Gasteiger partial charge on any atom is -0.252 e. The van der Waals surface area contributed by atoms with E-state index in [4.69, 9.17) is 0 Å². The summed E-state index contributed by atoms with van der Waals surface area (Å²) < 4.78 is 3.23. The molecular weight excluding hydrogens is 404 g/mol. The normalized spacial score (nSPS) is 18.5. The van der Waals surface area contributed by atoms with E-state index in [1.807, 2.05) is 30.0 Å².